The number of unbranched alkanes of at least 4 members (excludes halogenated alkanes) is 1. The van der Waals surface area contributed by atoms with Crippen LogP contribution in [0.25, 0.3) is 16.9 Å². The smallest absolute Gasteiger partial charge is 0.315 e. The summed E-state index contributed by atoms with van der Waals surface area (Å²) in [6.07, 6.45) is 1.43. The van der Waals surface area contributed by atoms with Gasteiger partial charge in [0.25, 0.3) is 0 Å². The van der Waals surface area contributed by atoms with Crippen molar-refractivity contribution in [2.75, 3.05) is 23.7 Å². The summed E-state index contributed by atoms with van der Waals surface area (Å²) in [6.45, 7) is 1.97. The Kier molecular flexibility index (Phi) is 8.25. The van der Waals surface area contributed by atoms with Crippen molar-refractivity contribution in [3.8, 4) is 16.9 Å². The van der Waals surface area contributed by atoms with Crippen molar-refractivity contribution in [2.24, 2.45) is 0 Å². The van der Waals surface area contributed by atoms with Gasteiger partial charge < -0.3 is 15.5 Å². The van der Waals surface area contributed by atoms with Gasteiger partial charge in [-0.25, -0.2) is 18.3 Å². The van der Waals surface area contributed by atoms with Crippen LogP contribution in [0.2, 0.25) is 0 Å². The Balaban J connectivity index is 1.54. The maximum Gasteiger partial charge on any atom is 0.322 e. The van der Waals surface area contributed by atoms with Gasteiger partial charge in [-0.1, -0.05) is 61.9 Å². The molecule has 0 fully saturated rings. The zero-order chi connectivity index (χ0) is 26.2. The number of anilines is 2. The lowest BCUT2D eigenvalue weighted by Crippen LogP contribution is -2.41. The minimum absolute atomic E-state index is 0.164. The maximum absolute atomic E-state index is 14.1. The first-order valence-electron chi connectivity index (χ1n) is 12.0. The minimum Gasteiger partial charge on any atom is -0.315 e. The number of amides is 3. The molecule has 9 heteroatoms. The third kappa shape index (κ3) is 6.58. The molecule has 0 radical (unpaired) electrons. The monoisotopic (exact) mass is 503 g/mol. The summed E-state index contributed by atoms with van der Waals surface area (Å²) in [5, 5.41) is 9.96. The SMILES string of the molecule is CCCCN(CC(=O)Nc1cc(-c2ccccc2)nn1-c1ccccc1)C(=O)Nc1ccc(F)cc1F. The van der Waals surface area contributed by atoms with E-state index in [0.29, 0.717) is 24.0 Å². The predicted molar refractivity (Wildman–Crippen MR) is 139 cm³/mol. The molecule has 0 saturated carbocycles. The highest BCUT2D eigenvalue weighted by atomic mass is 19.1. The summed E-state index contributed by atoms with van der Waals surface area (Å²) in [7, 11) is 0. The van der Waals surface area contributed by atoms with Crippen LogP contribution < -0.4 is 10.6 Å². The highest BCUT2D eigenvalue weighted by Gasteiger charge is 2.20. The number of carbonyl (C=O) groups excluding carboxylic acids is 2. The minimum atomic E-state index is -0.895. The molecular formula is C28H27F2N5O2. The number of nitrogens with one attached hydrogen (secondary N) is 2. The molecule has 0 aliphatic heterocycles. The van der Waals surface area contributed by atoms with E-state index >= 15 is 0 Å². The second-order valence-corrected chi connectivity index (χ2v) is 8.41. The third-order valence-electron chi connectivity index (χ3n) is 5.62. The molecule has 37 heavy (non-hydrogen) atoms. The average Bonchev–Trinajstić information content (AvgIpc) is 3.32. The van der Waals surface area contributed by atoms with E-state index in [1.807, 2.05) is 67.6 Å². The fourth-order valence-electron chi connectivity index (χ4n) is 3.73. The van der Waals surface area contributed by atoms with Crippen LogP contribution >= 0.6 is 0 Å². The van der Waals surface area contributed by atoms with E-state index in [9.17, 15) is 18.4 Å². The van der Waals surface area contributed by atoms with E-state index < -0.39 is 23.6 Å². The van der Waals surface area contributed by atoms with Gasteiger partial charge in [-0.3, -0.25) is 4.79 Å². The first-order chi connectivity index (χ1) is 17.9. The standard InChI is InChI=1S/C28H27F2N5O2/c1-2-3-16-34(28(37)31-24-15-14-21(29)17-23(24)30)19-27(36)32-26-18-25(20-10-6-4-7-11-20)33-35(26)22-12-8-5-9-13-22/h4-15,17-18H,2-3,16,19H2,1H3,(H,31,37)(H,32,36). The quantitative estimate of drug-likeness (QED) is 0.290. The number of benzene rings is 3. The van der Waals surface area contributed by atoms with Gasteiger partial charge in [0.2, 0.25) is 5.91 Å². The molecule has 4 rings (SSSR count). The Bertz CT molecular complexity index is 1360. The summed E-state index contributed by atoms with van der Waals surface area (Å²) in [5.74, 6) is -1.64. The molecule has 2 N–H and O–H groups in total. The Labute approximate surface area is 213 Å². The van der Waals surface area contributed by atoms with Crippen molar-refractivity contribution in [3.63, 3.8) is 0 Å². The van der Waals surface area contributed by atoms with E-state index in [-0.39, 0.29) is 18.8 Å². The average molecular weight is 504 g/mol. The molecule has 3 amide bonds. The molecule has 1 heterocycles. The number of nitrogens with zero attached hydrogens (tertiary/aromatic N) is 3. The van der Waals surface area contributed by atoms with Gasteiger partial charge in [0.15, 0.2) is 0 Å². The van der Waals surface area contributed by atoms with E-state index in [0.717, 1.165) is 29.8 Å². The number of rotatable bonds is 9. The molecular weight excluding hydrogens is 476 g/mol. The van der Waals surface area contributed by atoms with Crippen molar-refractivity contribution in [2.45, 2.75) is 19.8 Å². The summed E-state index contributed by atoms with van der Waals surface area (Å²) >= 11 is 0. The highest BCUT2D eigenvalue weighted by Crippen LogP contribution is 2.25. The van der Waals surface area contributed by atoms with Crippen LogP contribution in [0.3, 0.4) is 0 Å². The van der Waals surface area contributed by atoms with Gasteiger partial charge in [0.1, 0.15) is 24.0 Å². The summed E-state index contributed by atoms with van der Waals surface area (Å²) < 4.78 is 28.9. The number of hydrogen-bond donors (Lipinski definition) is 2. The van der Waals surface area contributed by atoms with Gasteiger partial charge in [-0.05, 0) is 30.7 Å². The van der Waals surface area contributed by atoms with Crippen molar-refractivity contribution < 1.29 is 18.4 Å². The topological polar surface area (TPSA) is 79.3 Å². The van der Waals surface area contributed by atoms with Crippen molar-refractivity contribution in [3.05, 3.63) is 96.6 Å². The fraction of sp³-hybridized carbons (Fsp3) is 0.179. The molecule has 7 nitrogen and oxygen atoms in total. The molecule has 0 unspecified atom stereocenters. The Morgan fingerprint density at radius 3 is 2.30 bits per heavy atom. The van der Waals surface area contributed by atoms with Gasteiger partial charge >= 0.3 is 6.03 Å². The van der Waals surface area contributed by atoms with Crippen molar-refractivity contribution in [1.29, 1.82) is 0 Å². The number of aromatic nitrogens is 2. The van der Waals surface area contributed by atoms with Crippen LogP contribution in [0.5, 0.6) is 0 Å². The van der Waals surface area contributed by atoms with Crippen LogP contribution in [0.4, 0.5) is 25.1 Å². The first-order valence-corrected chi connectivity index (χ1v) is 12.0. The first kappa shape index (κ1) is 25.6. The summed E-state index contributed by atoms with van der Waals surface area (Å²) in [6, 6.07) is 22.9. The lowest BCUT2D eigenvalue weighted by molar-refractivity contribution is -0.116. The largest absolute Gasteiger partial charge is 0.322 e. The number of hydrogen-bond acceptors (Lipinski definition) is 3. The van der Waals surface area contributed by atoms with Crippen LogP contribution in [0, 0.1) is 11.6 Å². The number of carbonyl (C=O) groups is 2. The lowest BCUT2D eigenvalue weighted by atomic mass is 10.1. The molecule has 1 aromatic heterocycles. The molecule has 0 bridgehead atoms. The molecule has 0 spiro atoms. The summed E-state index contributed by atoms with van der Waals surface area (Å²) in [4.78, 5) is 27.3. The van der Waals surface area contributed by atoms with Gasteiger partial charge in [-0.2, -0.15) is 5.10 Å². The van der Waals surface area contributed by atoms with E-state index in [1.165, 1.54) is 4.90 Å². The zero-order valence-corrected chi connectivity index (χ0v) is 20.3. The molecule has 190 valence electrons. The fourth-order valence-corrected chi connectivity index (χ4v) is 3.73. The molecule has 3 aromatic carbocycles. The number of para-hydroxylation sites is 1. The van der Waals surface area contributed by atoms with Crippen LogP contribution in [0.1, 0.15) is 19.8 Å². The lowest BCUT2D eigenvalue weighted by Gasteiger charge is -2.22. The number of urea groups is 1. The molecule has 0 saturated heterocycles. The molecule has 0 atom stereocenters. The Morgan fingerprint density at radius 1 is 0.919 bits per heavy atom. The third-order valence-corrected chi connectivity index (χ3v) is 5.62. The van der Waals surface area contributed by atoms with Crippen LogP contribution in [-0.4, -0.2) is 39.7 Å². The Morgan fingerprint density at radius 2 is 1.62 bits per heavy atom. The van der Waals surface area contributed by atoms with Gasteiger partial charge in [0, 0.05) is 24.2 Å². The van der Waals surface area contributed by atoms with Gasteiger partial charge in [-0.15, -0.1) is 0 Å². The number of halogens is 2. The van der Waals surface area contributed by atoms with Crippen LogP contribution in [0.15, 0.2) is 84.9 Å². The second-order valence-electron chi connectivity index (χ2n) is 8.41. The van der Waals surface area contributed by atoms with Crippen LogP contribution in [-0.2, 0) is 4.79 Å². The predicted octanol–water partition coefficient (Wildman–Crippen LogP) is 6.09. The second kappa shape index (κ2) is 11.9. The van der Waals surface area contributed by atoms with Crippen molar-refractivity contribution in [1.82, 2.24) is 14.7 Å². The molecule has 0 aliphatic carbocycles. The Hall–Kier alpha value is -4.53. The van der Waals surface area contributed by atoms with Gasteiger partial charge in [0.05, 0.1) is 17.1 Å². The molecule has 0 aliphatic rings. The summed E-state index contributed by atoms with van der Waals surface area (Å²) in [5.41, 5.74) is 2.15. The van der Waals surface area contributed by atoms with E-state index in [4.69, 9.17) is 0 Å². The van der Waals surface area contributed by atoms with Crippen molar-refractivity contribution >= 4 is 23.4 Å². The van der Waals surface area contributed by atoms with E-state index in [1.54, 1.807) is 10.7 Å². The van der Waals surface area contributed by atoms with E-state index in [2.05, 4.69) is 15.7 Å². The zero-order valence-electron chi connectivity index (χ0n) is 20.3. The maximum atomic E-state index is 14.1. The normalized spacial score (nSPS) is 10.7. The molecule has 4 aromatic rings. The highest BCUT2D eigenvalue weighted by molar-refractivity contribution is 5.97.